The van der Waals surface area contributed by atoms with Gasteiger partial charge in [-0.15, -0.1) is 0 Å². The number of benzene rings is 1. The molecule has 1 atom stereocenters. The third-order valence-electron chi connectivity index (χ3n) is 3.02. The van der Waals surface area contributed by atoms with Crippen LogP contribution in [-0.4, -0.2) is 18.3 Å². The molecule has 0 saturated carbocycles. The number of fused-ring (bicyclic) bond motifs is 1. The lowest BCUT2D eigenvalue weighted by Gasteiger charge is -2.15. The van der Waals surface area contributed by atoms with Crippen molar-refractivity contribution < 1.29 is 19.0 Å². The first-order valence-electron chi connectivity index (χ1n) is 6.05. The number of aliphatic hydroxyl groups is 1. The number of hydrogen-bond acceptors (Lipinski definition) is 4. The van der Waals surface area contributed by atoms with Gasteiger partial charge in [-0.1, -0.05) is 15.9 Å². The zero-order chi connectivity index (χ0) is 13.2. The van der Waals surface area contributed by atoms with Gasteiger partial charge in [0.1, 0.15) is 6.10 Å². The minimum Gasteiger partial charge on any atom is -0.490 e. The van der Waals surface area contributed by atoms with Crippen molar-refractivity contribution in [1.29, 1.82) is 0 Å². The van der Waals surface area contributed by atoms with E-state index < -0.39 is 6.10 Å². The normalized spacial score (nSPS) is 15.9. The molecule has 0 bridgehead atoms. The van der Waals surface area contributed by atoms with Crippen molar-refractivity contribution in [1.82, 2.24) is 0 Å². The summed E-state index contributed by atoms with van der Waals surface area (Å²) in [5.41, 5.74) is 1.43. The first-order valence-corrected chi connectivity index (χ1v) is 6.84. The van der Waals surface area contributed by atoms with Gasteiger partial charge in [-0.25, -0.2) is 0 Å². The number of rotatable bonds is 2. The van der Waals surface area contributed by atoms with Crippen molar-refractivity contribution in [3.8, 4) is 11.5 Å². The molecule has 0 fully saturated rings. The molecule has 0 spiro atoms. The van der Waals surface area contributed by atoms with Crippen LogP contribution < -0.4 is 9.47 Å². The average molecular weight is 325 g/mol. The fourth-order valence-electron chi connectivity index (χ4n) is 2.02. The Labute approximate surface area is 119 Å². The van der Waals surface area contributed by atoms with Gasteiger partial charge in [0.15, 0.2) is 11.5 Å². The van der Waals surface area contributed by atoms with E-state index in [0.29, 0.717) is 30.3 Å². The molecule has 1 unspecified atom stereocenters. The zero-order valence-corrected chi connectivity index (χ0v) is 11.7. The largest absolute Gasteiger partial charge is 0.490 e. The summed E-state index contributed by atoms with van der Waals surface area (Å²) in [5, 5.41) is 10.3. The SMILES string of the molecule is OC(c1ccoc1)c1cc2c(cc1Br)OCCCO2. The lowest BCUT2D eigenvalue weighted by Crippen LogP contribution is -2.01. The van der Waals surface area contributed by atoms with E-state index in [1.54, 1.807) is 6.07 Å². The molecule has 1 aromatic carbocycles. The number of furan rings is 1. The summed E-state index contributed by atoms with van der Waals surface area (Å²) in [4.78, 5) is 0. The molecule has 0 aliphatic carbocycles. The van der Waals surface area contributed by atoms with Crippen LogP contribution in [0.5, 0.6) is 11.5 Å². The third kappa shape index (κ3) is 2.48. The smallest absolute Gasteiger partial charge is 0.162 e. The van der Waals surface area contributed by atoms with Crippen molar-refractivity contribution in [2.75, 3.05) is 13.2 Å². The van der Waals surface area contributed by atoms with Crippen LogP contribution in [0.2, 0.25) is 0 Å². The molecule has 1 aliphatic rings. The summed E-state index contributed by atoms with van der Waals surface area (Å²) in [7, 11) is 0. The Morgan fingerprint density at radius 2 is 1.89 bits per heavy atom. The molecule has 2 aromatic rings. The van der Waals surface area contributed by atoms with Crippen LogP contribution >= 0.6 is 15.9 Å². The third-order valence-corrected chi connectivity index (χ3v) is 3.71. The second-order valence-corrected chi connectivity index (χ2v) is 5.18. The molecule has 2 heterocycles. The molecule has 0 radical (unpaired) electrons. The minimum atomic E-state index is -0.759. The topological polar surface area (TPSA) is 51.8 Å². The predicted octanol–water partition coefficient (Wildman–Crippen LogP) is 3.29. The van der Waals surface area contributed by atoms with E-state index in [1.807, 2.05) is 12.1 Å². The Balaban J connectivity index is 2.00. The van der Waals surface area contributed by atoms with Gasteiger partial charge in [0.2, 0.25) is 0 Å². The van der Waals surface area contributed by atoms with Crippen LogP contribution in [-0.2, 0) is 0 Å². The van der Waals surface area contributed by atoms with Gasteiger partial charge in [-0.3, -0.25) is 0 Å². The summed E-state index contributed by atoms with van der Waals surface area (Å²) in [5.74, 6) is 1.37. The van der Waals surface area contributed by atoms with E-state index in [1.165, 1.54) is 12.5 Å². The molecule has 19 heavy (non-hydrogen) atoms. The molecule has 0 amide bonds. The van der Waals surface area contributed by atoms with Crippen LogP contribution in [0.3, 0.4) is 0 Å². The molecular formula is C14H13BrO4. The van der Waals surface area contributed by atoms with E-state index in [9.17, 15) is 5.11 Å². The van der Waals surface area contributed by atoms with Crippen molar-refractivity contribution in [2.24, 2.45) is 0 Å². The molecule has 100 valence electrons. The Bertz CT molecular complexity index is 565. The van der Waals surface area contributed by atoms with Crippen LogP contribution in [0.15, 0.2) is 39.6 Å². The molecular weight excluding hydrogens is 312 g/mol. The molecule has 1 aromatic heterocycles. The Kier molecular flexibility index (Phi) is 3.48. The Morgan fingerprint density at radius 3 is 2.58 bits per heavy atom. The maximum atomic E-state index is 10.3. The highest BCUT2D eigenvalue weighted by molar-refractivity contribution is 9.10. The summed E-state index contributed by atoms with van der Waals surface area (Å²) in [6.07, 6.45) is 3.16. The molecule has 5 heteroatoms. The standard InChI is InChI=1S/C14H13BrO4/c15-11-7-13-12(18-3-1-4-19-13)6-10(11)14(16)9-2-5-17-8-9/h2,5-8,14,16H,1,3-4H2. The first-order chi connectivity index (χ1) is 9.25. The predicted molar refractivity (Wildman–Crippen MR) is 72.5 cm³/mol. The Morgan fingerprint density at radius 1 is 1.16 bits per heavy atom. The maximum absolute atomic E-state index is 10.3. The molecule has 1 N–H and O–H groups in total. The van der Waals surface area contributed by atoms with Crippen molar-refractivity contribution in [3.63, 3.8) is 0 Å². The fourth-order valence-corrected chi connectivity index (χ4v) is 2.56. The first kappa shape index (κ1) is 12.6. The minimum absolute atomic E-state index is 0.621. The average Bonchev–Trinajstić information content (AvgIpc) is 2.84. The summed E-state index contributed by atoms with van der Waals surface area (Å²) >= 11 is 3.46. The van der Waals surface area contributed by atoms with Crippen LogP contribution in [0, 0.1) is 0 Å². The molecule has 4 nitrogen and oxygen atoms in total. The lowest BCUT2D eigenvalue weighted by atomic mass is 10.0. The lowest BCUT2D eigenvalue weighted by molar-refractivity contribution is 0.217. The van der Waals surface area contributed by atoms with Gasteiger partial charge in [0.05, 0.1) is 25.7 Å². The van der Waals surface area contributed by atoms with Gasteiger partial charge in [0.25, 0.3) is 0 Å². The van der Waals surface area contributed by atoms with E-state index in [4.69, 9.17) is 13.9 Å². The quantitative estimate of drug-likeness (QED) is 0.921. The van der Waals surface area contributed by atoms with E-state index in [-0.39, 0.29) is 0 Å². The molecule has 0 saturated heterocycles. The van der Waals surface area contributed by atoms with Crippen LogP contribution in [0.1, 0.15) is 23.7 Å². The summed E-state index contributed by atoms with van der Waals surface area (Å²) in [6.45, 7) is 1.26. The van der Waals surface area contributed by atoms with Gasteiger partial charge in [0, 0.05) is 22.0 Å². The van der Waals surface area contributed by atoms with Gasteiger partial charge >= 0.3 is 0 Å². The monoisotopic (exact) mass is 324 g/mol. The number of halogens is 1. The number of aliphatic hydroxyl groups excluding tert-OH is 1. The highest BCUT2D eigenvalue weighted by atomic mass is 79.9. The second-order valence-electron chi connectivity index (χ2n) is 4.33. The van der Waals surface area contributed by atoms with Crippen LogP contribution in [0.25, 0.3) is 0 Å². The fraction of sp³-hybridized carbons (Fsp3) is 0.286. The highest BCUT2D eigenvalue weighted by Gasteiger charge is 2.20. The number of ether oxygens (including phenoxy) is 2. The number of hydrogen-bond donors (Lipinski definition) is 1. The summed E-state index contributed by atoms with van der Waals surface area (Å²) < 4.78 is 17.0. The zero-order valence-electron chi connectivity index (χ0n) is 10.1. The van der Waals surface area contributed by atoms with Gasteiger partial charge < -0.3 is 19.0 Å². The van der Waals surface area contributed by atoms with Crippen molar-refractivity contribution in [3.05, 3.63) is 46.3 Å². The summed E-state index contributed by atoms with van der Waals surface area (Å²) in [6, 6.07) is 5.38. The maximum Gasteiger partial charge on any atom is 0.162 e. The molecule has 1 aliphatic heterocycles. The second kappa shape index (κ2) is 5.27. The highest BCUT2D eigenvalue weighted by Crippen LogP contribution is 2.39. The van der Waals surface area contributed by atoms with Crippen molar-refractivity contribution in [2.45, 2.75) is 12.5 Å². The van der Waals surface area contributed by atoms with E-state index >= 15 is 0 Å². The van der Waals surface area contributed by atoms with E-state index in [0.717, 1.165) is 16.5 Å². The van der Waals surface area contributed by atoms with Crippen LogP contribution in [0.4, 0.5) is 0 Å². The van der Waals surface area contributed by atoms with Gasteiger partial charge in [-0.05, 0) is 18.2 Å². The van der Waals surface area contributed by atoms with E-state index in [2.05, 4.69) is 15.9 Å². The Hall–Kier alpha value is -1.46. The van der Waals surface area contributed by atoms with Crippen molar-refractivity contribution >= 4 is 15.9 Å². The molecule has 3 rings (SSSR count). The van der Waals surface area contributed by atoms with Gasteiger partial charge in [-0.2, -0.15) is 0 Å².